The fraction of sp³-hybridized carbons (Fsp3) is 0.222. The summed E-state index contributed by atoms with van der Waals surface area (Å²) in [6, 6.07) is 33.6. The number of thiazole rings is 1. The number of primary amides is 1. The maximum absolute atomic E-state index is 13.8. The van der Waals surface area contributed by atoms with Gasteiger partial charge in [0.2, 0.25) is 5.91 Å². The highest BCUT2D eigenvalue weighted by atomic mass is 32.1. The summed E-state index contributed by atoms with van der Waals surface area (Å²) in [5, 5.41) is 3.03. The normalized spacial score (nSPS) is 13.6. The molecule has 0 radical (unpaired) electrons. The predicted molar refractivity (Wildman–Crippen MR) is 179 cm³/mol. The van der Waals surface area contributed by atoms with Crippen LogP contribution in [0.3, 0.4) is 0 Å². The van der Waals surface area contributed by atoms with Gasteiger partial charge in [-0.05, 0) is 35.4 Å². The number of benzene rings is 3. The Hall–Kier alpha value is -4.86. The first-order valence-corrected chi connectivity index (χ1v) is 16.0. The van der Waals surface area contributed by atoms with Gasteiger partial charge in [-0.15, -0.1) is 11.3 Å². The van der Waals surface area contributed by atoms with E-state index in [9.17, 15) is 9.59 Å². The average molecular weight is 617 g/mol. The lowest BCUT2D eigenvalue weighted by molar-refractivity contribution is -0.118. The molecular formula is C36H36N6O2S. The third kappa shape index (κ3) is 7.63. The van der Waals surface area contributed by atoms with E-state index in [-0.39, 0.29) is 18.4 Å². The molecule has 3 heterocycles. The summed E-state index contributed by atoms with van der Waals surface area (Å²) in [4.78, 5) is 41.5. The van der Waals surface area contributed by atoms with Crippen molar-refractivity contribution in [2.75, 3.05) is 44.2 Å². The Balaban J connectivity index is 1.12. The first-order valence-electron chi connectivity index (χ1n) is 15.1. The van der Waals surface area contributed by atoms with Crippen LogP contribution in [0.4, 0.5) is 5.82 Å². The van der Waals surface area contributed by atoms with Crippen LogP contribution in [0.2, 0.25) is 0 Å². The van der Waals surface area contributed by atoms with Gasteiger partial charge in [-0.3, -0.25) is 14.5 Å². The van der Waals surface area contributed by atoms with Gasteiger partial charge >= 0.3 is 0 Å². The Morgan fingerprint density at radius 2 is 1.47 bits per heavy atom. The highest BCUT2D eigenvalue weighted by Crippen LogP contribution is 2.28. The molecule has 1 saturated heterocycles. The molecule has 2 amide bonds. The molecule has 6 rings (SSSR count). The van der Waals surface area contributed by atoms with E-state index in [4.69, 9.17) is 10.7 Å². The predicted octanol–water partition coefficient (Wildman–Crippen LogP) is 5.29. The summed E-state index contributed by atoms with van der Waals surface area (Å²) in [6.07, 6.45) is 1.84. The van der Waals surface area contributed by atoms with Crippen molar-refractivity contribution >= 4 is 29.0 Å². The summed E-state index contributed by atoms with van der Waals surface area (Å²) in [7, 11) is 0. The van der Waals surface area contributed by atoms with Crippen molar-refractivity contribution in [3.05, 3.63) is 137 Å². The Morgan fingerprint density at radius 3 is 2.07 bits per heavy atom. The number of nitrogens with two attached hydrogens (primary N) is 1. The van der Waals surface area contributed by atoms with Gasteiger partial charge in [0.1, 0.15) is 10.8 Å². The molecule has 228 valence electrons. The highest BCUT2D eigenvalue weighted by Gasteiger charge is 2.25. The monoisotopic (exact) mass is 616 g/mol. The van der Waals surface area contributed by atoms with Crippen LogP contribution in [0, 0.1) is 0 Å². The van der Waals surface area contributed by atoms with Gasteiger partial charge < -0.3 is 15.5 Å². The molecule has 0 aliphatic carbocycles. The largest absolute Gasteiger partial charge is 0.368 e. The minimum absolute atomic E-state index is 0.110. The maximum Gasteiger partial charge on any atom is 0.254 e. The Kier molecular flexibility index (Phi) is 9.58. The van der Waals surface area contributed by atoms with Crippen molar-refractivity contribution in [2.45, 2.75) is 12.5 Å². The van der Waals surface area contributed by atoms with E-state index in [1.165, 1.54) is 0 Å². The van der Waals surface area contributed by atoms with Crippen LogP contribution in [0.1, 0.15) is 33.1 Å². The summed E-state index contributed by atoms with van der Waals surface area (Å²) in [5.41, 5.74) is 10.2. The quantitative estimate of drug-likeness (QED) is 0.217. The molecule has 0 atom stereocenters. The van der Waals surface area contributed by atoms with Crippen molar-refractivity contribution in [2.24, 2.45) is 5.73 Å². The van der Waals surface area contributed by atoms with Gasteiger partial charge in [-0.1, -0.05) is 78.9 Å². The van der Waals surface area contributed by atoms with Crippen molar-refractivity contribution < 1.29 is 9.59 Å². The van der Waals surface area contributed by atoms with Crippen LogP contribution in [0.15, 0.2) is 115 Å². The number of amides is 2. The number of piperazine rings is 1. The van der Waals surface area contributed by atoms with Crippen molar-refractivity contribution in [1.82, 2.24) is 19.8 Å². The Morgan fingerprint density at radius 1 is 0.822 bits per heavy atom. The van der Waals surface area contributed by atoms with Crippen molar-refractivity contribution in [1.29, 1.82) is 0 Å². The van der Waals surface area contributed by atoms with Gasteiger partial charge in [-0.25, -0.2) is 9.97 Å². The zero-order valence-electron chi connectivity index (χ0n) is 25.0. The van der Waals surface area contributed by atoms with Crippen LogP contribution < -0.4 is 10.6 Å². The first kappa shape index (κ1) is 30.2. The number of hydrogen-bond acceptors (Lipinski definition) is 7. The van der Waals surface area contributed by atoms with Crippen LogP contribution in [0.5, 0.6) is 0 Å². The molecule has 1 fully saturated rings. The van der Waals surface area contributed by atoms with Gasteiger partial charge in [0.05, 0.1) is 12.2 Å². The Labute approximate surface area is 267 Å². The second-order valence-electron chi connectivity index (χ2n) is 11.2. The van der Waals surface area contributed by atoms with E-state index in [2.05, 4.69) is 26.2 Å². The van der Waals surface area contributed by atoms with Gasteiger partial charge in [0.25, 0.3) is 5.91 Å². The molecule has 8 nitrogen and oxygen atoms in total. The third-order valence-electron chi connectivity index (χ3n) is 8.10. The summed E-state index contributed by atoms with van der Waals surface area (Å²) in [5.74, 6) is 0.136. The minimum atomic E-state index is -0.548. The molecule has 1 aliphatic heterocycles. The Bertz CT molecular complexity index is 1650. The van der Waals surface area contributed by atoms with Gasteiger partial charge in [0.15, 0.2) is 0 Å². The van der Waals surface area contributed by atoms with E-state index in [1.54, 1.807) is 16.2 Å². The molecule has 0 unspecified atom stereocenters. The number of anilines is 1. The minimum Gasteiger partial charge on any atom is -0.368 e. The smallest absolute Gasteiger partial charge is 0.254 e. The number of aromatic nitrogens is 2. The fourth-order valence-corrected chi connectivity index (χ4v) is 6.57. The van der Waals surface area contributed by atoms with Crippen molar-refractivity contribution in [3.8, 4) is 10.6 Å². The molecule has 0 bridgehead atoms. The molecule has 0 saturated carbocycles. The number of hydrogen-bond donors (Lipinski definition) is 1. The first-order chi connectivity index (χ1) is 22.0. The molecule has 1 aliphatic rings. The molecule has 5 aromatic rings. The third-order valence-corrected chi connectivity index (χ3v) is 9.04. The average Bonchev–Trinajstić information content (AvgIpc) is 3.56. The van der Waals surface area contributed by atoms with Crippen molar-refractivity contribution in [3.63, 3.8) is 0 Å². The SMILES string of the molecule is NC(=O)CN(CC(c1ccccc1)c1ccccc1)C(=O)c1ccc(-c2nc(CN3CCN(c4ccccn4)CC3)cs2)cc1. The number of nitrogens with zero attached hydrogens (tertiary/aromatic N) is 5. The summed E-state index contributed by atoms with van der Waals surface area (Å²) in [6.45, 7) is 4.75. The lowest BCUT2D eigenvalue weighted by Gasteiger charge is -2.35. The lowest BCUT2D eigenvalue weighted by Crippen LogP contribution is -2.46. The number of rotatable bonds is 11. The van der Waals surface area contributed by atoms with Gasteiger partial charge in [-0.2, -0.15) is 0 Å². The van der Waals surface area contributed by atoms with E-state index < -0.39 is 5.91 Å². The van der Waals surface area contributed by atoms with Gasteiger partial charge in [0, 0.05) is 67.9 Å². The molecule has 2 N–H and O–H groups in total. The van der Waals surface area contributed by atoms with Crippen LogP contribution >= 0.6 is 11.3 Å². The molecule has 9 heteroatoms. The standard InChI is InChI=1S/C36H36N6O2S/c37-33(43)25-42(24-32(27-9-3-1-4-10-27)28-11-5-2-6-12-28)36(44)30-16-14-29(15-17-30)35-39-31(26-45-35)23-40-19-21-41(22-20-40)34-13-7-8-18-38-34/h1-18,26,32H,19-25H2,(H2,37,43). The molecular weight excluding hydrogens is 581 g/mol. The highest BCUT2D eigenvalue weighted by molar-refractivity contribution is 7.13. The summed E-state index contributed by atoms with van der Waals surface area (Å²) >= 11 is 1.61. The molecule has 3 aromatic carbocycles. The zero-order chi connectivity index (χ0) is 31.0. The van der Waals surface area contributed by atoms with E-state index in [0.29, 0.717) is 12.1 Å². The topological polar surface area (TPSA) is 95.7 Å². The van der Waals surface area contributed by atoms with Crippen LogP contribution in [-0.4, -0.2) is 70.9 Å². The molecule has 45 heavy (non-hydrogen) atoms. The fourth-order valence-electron chi connectivity index (χ4n) is 5.76. The zero-order valence-corrected chi connectivity index (χ0v) is 25.9. The second-order valence-corrected chi connectivity index (χ2v) is 12.1. The maximum atomic E-state index is 13.8. The molecule has 0 spiro atoms. The van der Waals surface area contributed by atoms with Crippen LogP contribution in [0.25, 0.3) is 10.6 Å². The number of carbonyl (C=O) groups excluding carboxylic acids is 2. The van der Waals surface area contributed by atoms with E-state index >= 15 is 0 Å². The van der Waals surface area contributed by atoms with Crippen LogP contribution in [-0.2, 0) is 11.3 Å². The number of carbonyl (C=O) groups is 2. The summed E-state index contributed by atoms with van der Waals surface area (Å²) < 4.78 is 0. The second kappa shape index (κ2) is 14.3. The molecule has 2 aromatic heterocycles. The number of pyridine rings is 1. The lowest BCUT2D eigenvalue weighted by atomic mass is 9.90. The van der Waals surface area contributed by atoms with E-state index in [0.717, 1.165) is 65.9 Å². The van der Waals surface area contributed by atoms with E-state index in [1.807, 2.05) is 103 Å².